The van der Waals surface area contributed by atoms with E-state index in [0.29, 0.717) is 6.54 Å². The molecule has 2 aromatic carbocycles. The molecule has 4 heteroatoms. The number of ether oxygens (including phenoxy) is 1. The Morgan fingerprint density at radius 3 is 2.35 bits per heavy atom. The summed E-state index contributed by atoms with van der Waals surface area (Å²) >= 11 is 0. The van der Waals surface area contributed by atoms with Gasteiger partial charge < -0.3 is 10.1 Å². The van der Waals surface area contributed by atoms with Crippen LogP contribution >= 0.6 is 0 Å². The molecular weight excluding hydrogens is 260 g/mol. The van der Waals surface area contributed by atoms with Gasteiger partial charge in [-0.05, 0) is 18.6 Å². The highest BCUT2D eigenvalue weighted by Crippen LogP contribution is 2.21. The fraction of sp³-hybridized carbons (Fsp3) is 0.250. The van der Waals surface area contributed by atoms with E-state index in [9.17, 15) is 8.78 Å². The number of benzene rings is 2. The highest BCUT2D eigenvalue weighted by molar-refractivity contribution is 5.33. The van der Waals surface area contributed by atoms with Gasteiger partial charge in [0.05, 0.1) is 0 Å². The first-order chi connectivity index (χ1) is 9.66. The molecule has 2 rings (SSSR count). The third-order valence-corrected chi connectivity index (χ3v) is 3.09. The zero-order valence-electron chi connectivity index (χ0n) is 11.2. The van der Waals surface area contributed by atoms with Gasteiger partial charge in [0, 0.05) is 18.2 Å². The Kier molecular flexibility index (Phi) is 5.07. The number of nitrogens with one attached hydrogen (secondary N) is 1. The summed E-state index contributed by atoms with van der Waals surface area (Å²) in [6.07, 6.45) is 0. The lowest BCUT2D eigenvalue weighted by Gasteiger charge is -2.16. The zero-order chi connectivity index (χ0) is 14.4. The van der Waals surface area contributed by atoms with Crippen LogP contribution < -0.4 is 10.1 Å². The van der Waals surface area contributed by atoms with Gasteiger partial charge in [0.1, 0.15) is 5.75 Å². The van der Waals surface area contributed by atoms with Crippen molar-refractivity contribution < 1.29 is 13.5 Å². The average molecular weight is 277 g/mol. The normalized spacial score (nSPS) is 12.4. The lowest BCUT2D eigenvalue weighted by atomic mass is 10.1. The molecule has 0 radical (unpaired) electrons. The summed E-state index contributed by atoms with van der Waals surface area (Å²) in [6.45, 7) is -0.298. The van der Waals surface area contributed by atoms with E-state index in [4.69, 9.17) is 0 Å². The molecule has 20 heavy (non-hydrogen) atoms. The van der Waals surface area contributed by atoms with Gasteiger partial charge in [-0.2, -0.15) is 8.78 Å². The molecule has 0 aliphatic rings. The fourth-order valence-electron chi connectivity index (χ4n) is 1.98. The second-order valence-electron chi connectivity index (χ2n) is 4.50. The van der Waals surface area contributed by atoms with Crippen LogP contribution in [0.2, 0.25) is 0 Å². The summed E-state index contributed by atoms with van der Waals surface area (Å²) in [5.74, 6) is 0.218. The van der Waals surface area contributed by atoms with Gasteiger partial charge in [-0.1, -0.05) is 48.5 Å². The summed E-state index contributed by atoms with van der Waals surface area (Å²) in [7, 11) is 0. The van der Waals surface area contributed by atoms with E-state index >= 15 is 0 Å². The molecule has 2 aromatic rings. The Bertz CT molecular complexity index is 531. The van der Waals surface area contributed by atoms with Crippen LogP contribution in [0.3, 0.4) is 0 Å². The molecule has 0 spiro atoms. The number of halogens is 2. The molecule has 0 saturated carbocycles. The molecule has 0 aromatic heterocycles. The maximum atomic E-state index is 12.3. The van der Waals surface area contributed by atoms with Crippen LogP contribution in [-0.2, 0) is 6.54 Å². The minimum Gasteiger partial charge on any atom is -0.434 e. The van der Waals surface area contributed by atoms with Crippen molar-refractivity contribution in [3.05, 3.63) is 65.7 Å². The summed E-state index contributed by atoms with van der Waals surface area (Å²) in [6, 6.07) is 16.9. The molecule has 0 bridgehead atoms. The Balaban J connectivity index is 2.00. The Labute approximate surface area is 117 Å². The van der Waals surface area contributed by atoms with Crippen molar-refractivity contribution in [2.75, 3.05) is 0 Å². The molecule has 0 fully saturated rings. The maximum Gasteiger partial charge on any atom is 0.387 e. The summed E-state index contributed by atoms with van der Waals surface area (Å²) < 4.78 is 29.2. The predicted molar refractivity (Wildman–Crippen MR) is 74.8 cm³/mol. The van der Waals surface area contributed by atoms with E-state index in [1.165, 1.54) is 0 Å². The third-order valence-electron chi connectivity index (χ3n) is 3.09. The highest BCUT2D eigenvalue weighted by atomic mass is 19.3. The van der Waals surface area contributed by atoms with Crippen LogP contribution in [0.15, 0.2) is 54.6 Å². The van der Waals surface area contributed by atoms with Gasteiger partial charge in [-0.25, -0.2) is 0 Å². The van der Waals surface area contributed by atoms with Crippen LogP contribution in [-0.4, -0.2) is 6.61 Å². The van der Waals surface area contributed by atoms with E-state index < -0.39 is 6.61 Å². The van der Waals surface area contributed by atoms with Crippen LogP contribution in [0.1, 0.15) is 24.1 Å². The average Bonchev–Trinajstić information content (AvgIpc) is 2.46. The van der Waals surface area contributed by atoms with Crippen LogP contribution in [0.5, 0.6) is 5.75 Å². The lowest BCUT2D eigenvalue weighted by Crippen LogP contribution is -2.18. The fourth-order valence-corrected chi connectivity index (χ4v) is 1.98. The molecule has 0 aliphatic heterocycles. The van der Waals surface area contributed by atoms with E-state index in [0.717, 1.165) is 11.1 Å². The smallest absolute Gasteiger partial charge is 0.387 e. The van der Waals surface area contributed by atoms with E-state index in [-0.39, 0.29) is 11.8 Å². The molecule has 0 aliphatic carbocycles. The molecule has 0 heterocycles. The first kappa shape index (κ1) is 14.5. The van der Waals surface area contributed by atoms with Crippen molar-refractivity contribution in [1.82, 2.24) is 5.32 Å². The van der Waals surface area contributed by atoms with Crippen LogP contribution in [0, 0.1) is 0 Å². The SMILES string of the molecule is C[C@@H](NCc1ccccc1OC(F)F)c1ccccc1. The standard InChI is InChI=1S/C16H17F2NO/c1-12(13-7-3-2-4-8-13)19-11-14-9-5-6-10-15(14)20-16(17)18/h2-10,12,16,19H,11H2,1H3/t12-/m1/s1. The Morgan fingerprint density at radius 2 is 1.65 bits per heavy atom. The Morgan fingerprint density at radius 1 is 1.00 bits per heavy atom. The second-order valence-corrected chi connectivity index (χ2v) is 4.50. The van der Waals surface area contributed by atoms with Gasteiger partial charge in [-0.3, -0.25) is 0 Å². The summed E-state index contributed by atoms with van der Waals surface area (Å²) in [4.78, 5) is 0. The van der Waals surface area contributed by atoms with Crippen LogP contribution in [0.25, 0.3) is 0 Å². The van der Waals surface area contributed by atoms with E-state index in [2.05, 4.69) is 10.1 Å². The van der Waals surface area contributed by atoms with Gasteiger partial charge in [0.2, 0.25) is 0 Å². The summed E-state index contributed by atoms with van der Waals surface area (Å²) in [5, 5.41) is 3.30. The molecule has 0 saturated heterocycles. The predicted octanol–water partition coefficient (Wildman–Crippen LogP) is 4.14. The van der Waals surface area contributed by atoms with Gasteiger partial charge in [0.15, 0.2) is 0 Å². The minimum atomic E-state index is -2.80. The second kappa shape index (κ2) is 7.01. The number of para-hydroxylation sites is 1. The highest BCUT2D eigenvalue weighted by Gasteiger charge is 2.10. The first-order valence-corrected chi connectivity index (χ1v) is 6.48. The molecule has 2 nitrogen and oxygen atoms in total. The zero-order valence-corrected chi connectivity index (χ0v) is 11.2. The van der Waals surface area contributed by atoms with Crippen molar-refractivity contribution in [2.24, 2.45) is 0 Å². The van der Waals surface area contributed by atoms with Crippen molar-refractivity contribution in [3.8, 4) is 5.75 Å². The van der Waals surface area contributed by atoms with Crippen molar-refractivity contribution in [2.45, 2.75) is 26.1 Å². The third kappa shape index (κ3) is 4.03. The number of rotatable bonds is 6. The monoisotopic (exact) mass is 277 g/mol. The number of alkyl halides is 2. The van der Waals surface area contributed by atoms with E-state index in [1.54, 1.807) is 18.2 Å². The van der Waals surface area contributed by atoms with E-state index in [1.807, 2.05) is 43.3 Å². The Hall–Kier alpha value is -1.94. The topological polar surface area (TPSA) is 21.3 Å². The van der Waals surface area contributed by atoms with Gasteiger partial charge in [0.25, 0.3) is 0 Å². The molecule has 1 atom stereocenters. The van der Waals surface area contributed by atoms with Gasteiger partial charge in [-0.15, -0.1) is 0 Å². The van der Waals surface area contributed by atoms with Gasteiger partial charge >= 0.3 is 6.61 Å². The van der Waals surface area contributed by atoms with Crippen LogP contribution in [0.4, 0.5) is 8.78 Å². The number of hydrogen-bond acceptors (Lipinski definition) is 2. The molecule has 0 amide bonds. The number of hydrogen-bond donors (Lipinski definition) is 1. The molecular formula is C16H17F2NO. The largest absolute Gasteiger partial charge is 0.434 e. The lowest BCUT2D eigenvalue weighted by molar-refractivity contribution is -0.0505. The maximum absolute atomic E-state index is 12.3. The molecule has 1 N–H and O–H groups in total. The van der Waals surface area contributed by atoms with Crippen molar-refractivity contribution in [1.29, 1.82) is 0 Å². The van der Waals surface area contributed by atoms with Crippen molar-refractivity contribution >= 4 is 0 Å². The molecule has 106 valence electrons. The minimum absolute atomic E-state index is 0.135. The molecule has 0 unspecified atom stereocenters. The van der Waals surface area contributed by atoms with Crippen molar-refractivity contribution in [3.63, 3.8) is 0 Å². The summed E-state index contributed by atoms with van der Waals surface area (Å²) in [5.41, 5.74) is 1.87. The quantitative estimate of drug-likeness (QED) is 0.857. The first-order valence-electron chi connectivity index (χ1n) is 6.48.